The quantitative estimate of drug-likeness (QED) is 0.393. The second kappa shape index (κ2) is 11.6. The number of carbonyl (C=O) groups is 6. The first-order chi connectivity index (χ1) is 17.4. The Morgan fingerprint density at radius 3 is 2.08 bits per heavy atom. The van der Waals surface area contributed by atoms with Crippen molar-refractivity contribution >= 4 is 47.2 Å². The van der Waals surface area contributed by atoms with Crippen LogP contribution in [0.3, 0.4) is 0 Å². The molecule has 1 saturated heterocycles. The molecule has 0 saturated carbocycles. The van der Waals surface area contributed by atoms with E-state index in [4.69, 9.17) is 23.7 Å². The number of ketones is 2. The number of hydrogen-bond acceptors (Lipinski definition) is 13. The highest BCUT2D eigenvalue weighted by Gasteiger charge is 2.53. The Labute approximate surface area is 215 Å². The SMILES string of the molecule is CC(=O)OC[C@@H]1O[C@H](SC2=CC(=O)c3cccc(O)c3C2=O)[C@H](OC(C)=O)[C@@H](OC(C)=O)[C@@H]1OC(C)=O. The van der Waals surface area contributed by atoms with Gasteiger partial charge in [0.15, 0.2) is 24.1 Å². The van der Waals surface area contributed by atoms with Crippen LogP contribution in [0.25, 0.3) is 0 Å². The lowest BCUT2D eigenvalue weighted by Crippen LogP contribution is -2.61. The zero-order valence-electron chi connectivity index (χ0n) is 20.2. The van der Waals surface area contributed by atoms with Crippen LogP contribution in [0, 0.1) is 0 Å². The van der Waals surface area contributed by atoms with Gasteiger partial charge in [-0.05, 0) is 6.07 Å². The third kappa shape index (κ3) is 6.54. The maximum Gasteiger partial charge on any atom is 0.303 e. The highest BCUT2D eigenvalue weighted by Crippen LogP contribution is 2.41. The third-order valence-corrected chi connectivity index (χ3v) is 6.38. The summed E-state index contributed by atoms with van der Waals surface area (Å²) in [6.45, 7) is 3.96. The van der Waals surface area contributed by atoms with Gasteiger partial charge in [-0.2, -0.15) is 0 Å². The number of rotatable bonds is 7. The molecule has 0 bridgehead atoms. The number of allylic oxidation sites excluding steroid dienone is 2. The normalized spacial score (nSPS) is 24.9. The number of phenolic OH excluding ortho intramolecular Hbond substituents is 1. The summed E-state index contributed by atoms with van der Waals surface area (Å²) in [5.41, 5.74) is -1.49. The van der Waals surface area contributed by atoms with E-state index in [9.17, 15) is 33.9 Å². The predicted octanol–water partition coefficient (Wildman–Crippen LogP) is 1.47. The van der Waals surface area contributed by atoms with E-state index in [-0.39, 0.29) is 16.0 Å². The number of Topliss-reactive ketones (excluding diaryl/α,β-unsaturated/α-hetero) is 1. The number of phenols is 1. The maximum atomic E-state index is 13.2. The first-order valence-corrected chi connectivity index (χ1v) is 11.9. The van der Waals surface area contributed by atoms with Crippen molar-refractivity contribution in [3.8, 4) is 5.75 Å². The standard InChI is InChI=1S/C24H24O12S/c1-10(25)32-9-17-21(33-11(2)26)22(34-12(3)27)23(35-13(4)28)24(36-17)37-18-8-16(30)14-6-5-7-15(29)19(14)20(18)31/h5-8,17,21-24,29H,9H2,1-4H3/t17-,21+,22-,23+,24+/m0/s1. The van der Waals surface area contributed by atoms with Gasteiger partial charge in [-0.15, -0.1) is 0 Å². The zero-order chi connectivity index (χ0) is 27.4. The van der Waals surface area contributed by atoms with E-state index >= 15 is 0 Å². The number of benzene rings is 1. The van der Waals surface area contributed by atoms with Crippen molar-refractivity contribution in [2.45, 2.75) is 57.5 Å². The fourth-order valence-electron chi connectivity index (χ4n) is 3.87. The molecule has 1 aromatic rings. The van der Waals surface area contributed by atoms with Gasteiger partial charge in [0.05, 0.1) is 10.5 Å². The Morgan fingerprint density at radius 1 is 0.892 bits per heavy atom. The van der Waals surface area contributed by atoms with Crippen molar-refractivity contribution in [3.63, 3.8) is 0 Å². The molecule has 37 heavy (non-hydrogen) atoms. The van der Waals surface area contributed by atoms with Gasteiger partial charge in [-0.25, -0.2) is 0 Å². The van der Waals surface area contributed by atoms with Crippen LogP contribution in [0.5, 0.6) is 5.75 Å². The van der Waals surface area contributed by atoms with Crippen molar-refractivity contribution in [2.24, 2.45) is 0 Å². The molecule has 0 amide bonds. The molecule has 12 nitrogen and oxygen atoms in total. The summed E-state index contributed by atoms with van der Waals surface area (Å²) in [5.74, 6) is -4.72. The van der Waals surface area contributed by atoms with E-state index in [0.717, 1.165) is 33.8 Å². The first kappa shape index (κ1) is 27.9. The van der Waals surface area contributed by atoms with E-state index in [0.29, 0.717) is 11.8 Å². The van der Waals surface area contributed by atoms with Crippen molar-refractivity contribution in [1.82, 2.24) is 0 Å². The van der Waals surface area contributed by atoms with Gasteiger partial charge in [0.25, 0.3) is 0 Å². The van der Waals surface area contributed by atoms with Gasteiger partial charge in [0, 0.05) is 39.3 Å². The fourth-order valence-corrected chi connectivity index (χ4v) is 5.04. The molecule has 0 radical (unpaired) electrons. The summed E-state index contributed by atoms with van der Waals surface area (Å²) in [7, 11) is 0. The van der Waals surface area contributed by atoms with E-state index in [1.165, 1.54) is 18.2 Å². The largest absolute Gasteiger partial charge is 0.507 e. The van der Waals surface area contributed by atoms with Crippen LogP contribution in [0.2, 0.25) is 0 Å². The zero-order valence-corrected chi connectivity index (χ0v) is 21.1. The molecule has 1 N–H and O–H groups in total. The molecule has 13 heteroatoms. The van der Waals surface area contributed by atoms with Gasteiger partial charge in [-0.3, -0.25) is 28.8 Å². The summed E-state index contributed by atoms with van der Waals surface area (Å²) < 4.78 is 27.0. The third-order valence-electron chi connectivity index (χ3n) is 5.21. The minimum Gasteiger partial charge on any atom is -0.507 e. The molecule has 1 aromatic carbocycles. The molecule has 1 heterocycles. The molecule has 0 unspecified atom stereocenters. The molecular weight excluding hydrogens is 512 g/mol. The lowest BCUT2D eigenvalue weighted by Gasteiger charge is -2.44. The number of hydrogen-bond donors (Lipinski definition) is 1. The summed E-state index contributed by atoms with van der Waals surface area (Å²) in [4.78, 5) is 72.8. The molecular formula is C24H24O12S. The molecule has 5 atom stereocenters. The highest BCUT2D eigenvalue weighted by molar-refractivity contribution is 8.04. The van der Waals surface area contributed by atoms with E-state index in [2.05, 4.69) is 0 Å². The minimum atomic E-state index is -1.42. The predicted molar refractivity (Wildman–Crippen MR) is 124 cm³/mol. The van der Waals surface area contributed by atoms with Crippen LogP contribution in [0.15, 0.2) is 29.2 Å². The Bertz CT molecular complexity index is 1170. The van der Waals surface area contributed by atoms with Gasteiger partial charge < -0.3 is 28.8 Å². The highest BCUT2D eigenvalue weighted by atomic mass is 32.2. The number of aromatic hydroxyl groups is 1. The Balaban J connectivity index is 2.03. The average molecular weight is 537 g/mol. The Kier molecular flexibility index (Phi) is 8.71. The lowest BCUT2D eigenvalue weighted by molar-refractivity contribution is -0.237. The van der Waals surface area contributed by atoms with Crippen LogP contribution < -0.4 is 0 Å². The second-order valence-electron chi connectivity index (χ2n) is 8.09. The average Bonchev–Trinajstić information content (AvgIpc) is 2.78. The molecule has 198 valence electrons. The monoisotopic (exact) mass is 536 g/mol. The number of thioether (sulfide) groups is 1. The van der Waals surface area contributed by atoms with Crippen molar-refractivity contribution in [1.29, 1.82) is 0 Å². The van der Waals surface area contributed by atoms with Crippen molar-refractivity contribution < 1.29 is 57.6 Å². The number of carbonyl (C=O) groups excluding carboxylic acids is 6. The van der Waals surface area contributed by atoms with Crippen LogP contribution >= 0.6 is 11.8 Å². The second-order valence-corrected chi connectivity index (χ2v) is 9.23. The topological polar surface area (TPSA) is 169 Å². The van der Waals surface area contributed by atoms with Crippen molar-refractivity contribution in [2.75, 3.05) is 6.61 Å². The van der Waals surface area contributed by atoms with Gasteiger partial charge in [-0.1, -0.05) is 23.9 Å². The molecule has 1 aliphatic heterocycles. The van der Waals surface area contributed by atoms with E-state index in [1.807, 2.05) is 0 Å². The van der Waals surface area contributed by atoms with Crippen molar-refractivity contribution in [3.05, 3.63) is 40.3 Å². The van der Waals surface area contributed by atoms with Crippen LogP contribution in [0.4, 0.5) is 0 Å². The number of fused-ring (bicyclic) bond motifs is 1. The summed E-state index contributed by atoms with van der Waals surface area (Å²) in [6, 6.07) is 4.07. The molecule has 0 aromatic heterocycles. The molecule has 1 aliphatic carbocycles. The number of esters is 4. The molecule has 2 aliphatic rings. The smallest absolute Gasteiger partial charge is 0.303 e. The van der Waals surface area contributed by atoms with Gasteiger partial charge >= 0.3 is 23.9 Å². The van der Waals surface area contributed by atoms with Gasteiger partial charge in [0.1, 0.15) is 23.9 Å². The minimum absolute atomic E-state index is 0.0101. The number of ether oxygens (including phenoxy) is 5. The molecule has 0 spiro atoms. The van der Waals surface area contributed by atoms with E-state index in [1.54, 1.807) is 0 Å². The Hall–Kier alpha value is -3.71. The summed E-state index contributed by atoms with van der Waals surface area (Å²) in [6.07, 6.45) is -4.36. The van der Waals surface area contributed by atoms with E-state index < -0.39 is 77.7 Å². The van der Waals surface area contributed by atoms with Crippen LogP contribution in [0.1, 0.15) is 48.4 Å². The molecule has 3 rings (SSSR count). The maximum absolute atomic E-state index is 13.2. The van der Waals surface area contributed by atoms with Crippen LogP contribution in [-0.2, 0) is 42.9 Å². The Morgan fingerprint density at radius 2 is 1.49 bits per heavy atom. The summed E-state index contributed by atoms with van der Waals surface area (Å²) >= 11 is 0.673. The van der Waals surface area contributed by atoms with Crippen LogP contribution in [-0.4, -0.2) is 77.0 Å². The van der Waals surface area contributed by atoms with Gasteiger partial charge in [0.2, 0.25) is 5.78 Å². The molecule has 1 fully saturated rings. The summed E-state index contributed by atoms with van der Waals surface area (Å²) in [5, 5.41) is 10.2. The fraction of sp³-hybridized carbons (Fsp3) is 0.417. The first-order valence-electron chi connectivity index (χ1n) is 11.0. The lowest BCUT2D eigenvalue weighted by atomic mass is 9.94.